The van der Waals surface area contributed by atoms with E-state index in [1.54, 1.807) is 0 Å². The average molecular weight is 331 g/mol. The first-order valence-corrected chi connectivity index (χ1v) is 8.01. The molecule has 3 rings (SSSR count). The van der Waals surface area contributed by atoms with Crippen LogP contribution in [0.25, 0.3) is 11.0 Å². The van der Waals surface area contributed by atoms with E-state index in [-0.39, 0.29) is 29.3 Å². The number of nitrogens with one attached hydrogen (secondary N) is 1. The fraction of sp³-hybridized carbons (Fsp3) is 0.500. The largest absolute Gasteiger partial charge is 0.348 e. The number of aromatic nitrogens is 3. The number of carbonyl (C=O) groups excluding carboxylic acids is 1. The fourth-order valence-corrected chi connectivity index (χ4v) is 3.10. The zero-order valence-corrected chi connectivity index (χ0v) is 13.8. The second-order valence-electron chi connectivity index (χ2n) is 6.36. The van der Waals surface area contributed by atoms with E-state index in [2.05, 4.69) is 10.3 Å². The molecule has 0 radical (unpaired) electrons. The van der Waals surface area contributed by atoms with Crippen LogP contribution in [-0.2, 0) is 14.1 Å². The molecular formula is C16H21N5O3. The lowest BCUT2D eigenvalue weighted by Crippen LogP contribution is -2.41. The molecule has 24 heavy (non-hydrogen) atoms. The summed E-state index contributed by atoms with van der Waals surface area (Å²) in [6, 6.07) is 3.35. The summed E-state index contributed by atoms with van der Waals surface area (Å²) in [6.07, 6.45) is 3.47. The second-order valence-corrected chi connectivity index (χ2v) is 6.36. The van der Waals surface area contributed by atoms with Crippen molar-refractivity contribution in [2.24, 2.45) is 19.8 Å². The lowest BCUT2D eigenvalue weighted by molar-refractivity contribution is 0.0921. The van der Waals surface area contributed by atoms with E-state index in [4.69, 9.17) is 5.73 Å². The highest BCUT2D eigenvalue weighted by molar-refractivity contribution is 5.94. The van der Waals surface area contributed by atoms with Crippen molar-refractivity contribution in [3.63, 3.8) is 0 Å². The van der Waals surface area contributed by atoms with Crippen molar-refractivity contribution in [2.75, 3.05) is 0 Å². The molecule has 0 aromatic carbocycles. The Bertz CT molecular complexity index is 906. The Labute approximate surface area is 138 Å². The van der Waals surface area contributed by atoms with Gasteiger partial charge in [-0.15, -0.1) is 0 Å². The SMILES string of the molecule is Cn1c(=O)c2ccc(C(=O)NC3CCC(N)CC3)nc2n(C)c1=O. The molecule has 8 heteroatoms. The topological polar surface area (TPSA) is 112 Å². The summed E-state index contributed by atoms with van der Waals surface area (Å²) in [4.78, 5) is 40.8. The maximum absolute atomic E-state index is 12.4. The van der Waals surface area contributed by atoms with E-state index in [1.807, 2.05) is 0 Å². The third kappa shape index (κ3) is 2.84. The molecular weight excluding hydrogens is 310 g/mol. The highest BCUT2D eigenvalue weighted by Gasteiger charge is 2.21. The Hall–Kier alpha value is -2.48. The molecule has 0 spiro atoms. The number of nitrogens with zero attached hydrogens (tertiary/aromatic N) is 3. The molecule has 1 fully saturated rings. The number of fused-ring (bicyclic) bond motifs is 1. The third-order valence-electron chi connectivity index (χ3n) is 4.64. The van der Waals surface area contributed by atoms with Crippen LogP contribution in [0.15, 0.2) is 21.7 Å². The van der Waals surface area contributed by atoms with Crippen molar-refractivity contribution in [3.8, 4) is 0 Å². The minimum absolute atomic E-state index is 0.0854. The minimum atomic E-state index is -0.473. The van der Waals surface area contributed by atoms with E-state index >= 15 is 0 Å². The molecule has 8 nitrogen and oxygen atoms in total. The van der Waals surface area contributed by atoms with Crippen molar-refractivity contribution < 1.29 is 4.79 Å². The molecule has 128 valence electrons. The summed E-state index contributed by atoms with van der Waals surface area (Å²) in [5.41, 5.74) is 5.38. The number of hydrogen-bond donors (Lipinski definition) is 2. The third-order valence-corrected chi connectivity index (χ3v) is 4.64. The van der Waals surface area contributed by atoms with Crippen LogP contribution in [0, 0.1) is 0 Å². The van der Waals surface area contributed by atoms with Gasteiger partial charge < -0.3 is 11.1 Å². The monoisotopic (exact) mass is 331 g/mol. The summed E-state index contributed by atoms with van der Waals surface area (Å²) in [7, 11) is 2.94. The lowest BCUT2D eigenvalue weighted by Gasteiger charge is -2.26. The van der Waals surface area contributed by atoms with Crippen LogP contribution >= 0.6 is 0 Å². The summed E-state index contributed by atoms with van der Waals surface area (Å²) >= 11 is 0. The van der Waals surface area contributed by atoms with Crippen molar-refractivity contribution >= 4 is 16.9 Å². The Morgan fingerprint density at radius 1 is 1.17 bits per heavy atom. The average Bonchev–Trinajstić information content (AvgIpc) is 2.59. The molecule has 0 atom stereocenters. The molecule has 2 heterocycles. The molecule has 1 saturated carbocycles. The molecule has 0 aliphatic heterocycles. The van der Waals surface area contributed by atoms with E-state index in [1.165, 1.54) is 30.8 Å². The Morgan fingerprint density at radius 3 is 2.50 bits per heavy atom. The van der Waals surface area contributed by atoms with Crippen molar-refractivity contribution in [2.45, 2.75) is 37.8 Å². The normalized spacial score (nSPS) is 21.0. The lowest BCUT2D eigenvalue weighted by atomic mass is 9.92. The molecule has 0 saturated heterocycles. The van der Waals surface area contributed by atoms with Crippen molar-refractivity contribution in [1.82, 2.24) is 19.4 Å². The van der Waals surface area contributed by atoms with Crippen LogP contribution in [0.5, 0.6) is 0 Å². The van der Waals surface area contributed by atoms with Gasteiger partial charge in [-0.25, -0.2) is 9.78 Å². The number of rotatable bonds is 2. The van der Waals surface area contributed by atoms with Gasteiger partial charge in [0, 0.05) is 26.2 Å². The number of nitrogens with two attached hydrogens (primary N) is 1. The minimum Gasteiger partial charge on any atom is -0.348 e. The highest BCUT2D eigenvalue weighted by Crippen LogP contribution is 2.17. The highest BCUT2D eigenvalue weighted by atomic mass is 16.2. The molecule has 2 aromatic heterocycles. The molecule has 2 aromatic rings. The quantitative estimate of drug-likeness (QED) is 0.780. The summed E-state index contributed by atoms with van der Waals surface area (Å²) in [5, 5.41) is 3.26. The summed E-state index contributed by atoms with van der Waals surface area (Å²) in [6.45, 7) is 0. The molecule has 3 N–H and O–H groups in total. The van der Waals surface area contributed by atoms with Gasteiger partial charge in [0.25, 0.3) is 11.5 Å². The van der Waals surface area contributed by atoms with E-state index in [9.17, 15) is 14.4 Å². The summed E-state index contributed by atoms with van der Waals surface area (Å²) in [5.74, 6) is -0.300. The van der Waals surface area contributed by atoms with E-state index in [0.717, 1.165) is 30.3 Å². The van der Waals surface area contributed by atoms with Crippen LogP contribution in [0.2, 0.25) is 0 Å². The van der Waals surface area contributed by atoms with Gasteiger partial charge in [-0.1, -0.05) is 0 Å². The van der Waals surface area contributed by atoms with Gasteiger partial charge in [0.15, 0.2) is 0 Å². The van der Waals surface area contributed by atoms with E-state index < -0.39 is 11.2 Å². The first kappa shape index (κ1) is 16.4. The van der Waals surface area contributed by atoms with Crippen LogP contribution in [0.4, 0.5) is 0 Å². The predicted octanol–water partition coefficient (Wildman–Crippen LogP) is -0.368. The smallest absolute Gasteiger partial charge is 0.332 e. The number of amides is 1. The molecule has 1 amide bonds. The van der Waals surface area contributed by atoms with Crippen LogP contribution in [0.3, 0.4) is 0 Å². The Balaban J connectivity index is 1.92. The number of pyridine rings is 1. The van der Waals surface area contributed by atoms with Gasteiger partial charge in [-0.05, 0) is 37.8 Å². The van der Waals surface area contributed by atoms with Gasteiger partial charge in [0.2, 0.25) is 0 Å². The standard InChI is InChI=1S/C16H21N5O3/c1-20-13-11(15(23)21(2)16(20)24)7-8-12(19-13)14(22)18-10-5-3-9(17)4-6-10/h7-10H,3-6,17H2,1-2H3,(H,18,22). The first-order chi connectivity index (χ1) is 11.4. The number of hydrogen-bond acceptors (Lipinski definition) is 5. The van der Waals surface area contributed by atoms with Crippen molar-refractivity contribution in [3.05, 3.63) is 38.7 Å². The fourth-order valence-electron chi connectivity index (χ4n) is 3.10. The first-order valence-electron chi connectivity index (χ1n) is 8.01. The number of aryl methyl sites for hydroxylation is 1. The Kier molecular flexibility index (Phi) is 4.23. The van der Waals surface area contributed by atoms with Gasteiger partial charge >= 0.3 is 5.69 Å². The van der Waals surface area contributed by atoms with Crippen molar-refractivity contribution in [1.29, 1.82) is 0 Å². The Morgan fingerprint density at radius 2 is 1.83 bits per heavy atom. The molecule has 1 aliphatic carbocycles. The van der Waals surface area contributed by atoms with Gasteiger partial charge in [-0.3, -0.25) is 18.7 Å². The van der Waals surface area contributed by atoms with Gasteiger partial charge in [-0.2, -0.15) is 0 Å². The van der Waals surface area contributed by atoms with Gasteiger partial charge in [0.05, 0.1) is 5.39 Å². The zero-order valence-electron chi connectivity index (χ0n) is 13.8. The molecule has 1 aliphatic rings. The maximum Gasteiger partial charge on any atom is 0.332 e. The van der Waals surface area contributed by atoms with Crippen LogP contribution in [-0.4, -0.2) is 32.1 Å². The summed E-state index contributed by atoms with van der Waals surface area (Å²) < 4.78 is 2.29. The maximum atomic E-state index is 12.4. The molecule has 0 bridgehead atoms. The second kappa shape index (κ2) is 6.20. The van der Waals surface area contributed by atoms with E-state index in [0.29, 0.717) is 5.39 Å². The zero-order chi connectivity index (χ0) is 17.4. The number of carbonyl (C=O) groups is 1. The van der Waals surface area contributed by atoms with Crippen LogP contribution in [0.1, 0.15) is 36.2 Å². The predicted molar refractivity (Wildman–Crippen MR) is 89.9 cm³/mol. The van der Waals surface area contributed by atoms with Crippen LogP contribution < -0.4 is 22.3 Å². The molecule has 0 unspecified atom stereocenters. The van der Waals surface area contributed by atoms with Gasteiger partial charge in [0.1, 0.15) is 11.3 Å².